The van der Waals surface area contributed by atoms with Gasteiger partial charge in [0.1, 0.15) is 0 Å². The van der Waals surface area contributed by atoms with E-state index in [0.717, 1.165) is 19.1 Å². The van der Waals surface area contributed by atoms with Crippen LogP contribution in [0.2, 0.25) is 0 Å². The summed E-state index contributed by atoms with van der Waals surface area (Å²) in [6.07, 6.45) is 3.95. The third-order valence-corrected chi connectivity index (χ3v) is 4.51. The molecule has 1 aromatic rings. The van der Waals surface area contributed by atoms with Crippen molar-refractivity contribution in [3.05, 3.63) is 29.3 Å². The standard InChI is InChI=1S/C18H30N2/c1-6-18(4,12-19-16-7-8-16)13-20(5)17-10-14(2)9-15(3)11-17/h9-11,16,19H,6-8,12-13H2,1-5H3. The van der Waals surface area contributed by atoms with Gasteiger partial charge in [-0.2, -0.15) is 0 Å². The van der Waals surface area contributed by atoms with E-state index in [1.807, 2.05) is 0 Å². The van der Waals surface area contributed by atoms with Gasteiger partial charge in [-0.1, -0.05) is 19.9 Å². The number of benzene rings is 1. The molecule has 1 aliphatic carbocycles. The topological polar surface area (TPSA) is 15.3 Å². The first-order chi connectivity index (χ1) is 9.42. The lowest BCUT2D eigenvalue weighted by atomic mass is 9.86. The zero-order valence-electron chi connectivity index (χ0n) is 13.8. The molecule has 1 unspecified atom stereocenters. The van der Waals surface area contributed by atoms with Crippen LogP contribution in [0.15, 0.2) is 18.2 Å². The summed E-state index contributed by atoms with van der Waals surface area (Å²) in [7, 11) is 2.22. The molecule has 0 amide bonds. The lowest BCUT2D eigenvalue weighted by Gasteiger charge is -2.34. The van der Waals surface area contributed by atoms with Gasteiger partial charge in [-0.05, 0) is 61.8 Å². The second-order valence-electron chi connectivity index (χ2n) is 7.02. The number of hydrogen-bond acceptors (Lipinski definition) is 2. The van der Waals surface area contributed by atoms with Crippen LogP contribution in [0.1, 0.15) is 44.2 Å². The van der Waals surface area contributed by atoms with Crippen molar-refractivity contribution in [2.75, 3.05) is 25.0 Å². The van der Waals surface area contributed by atoms with Crippen molar-refractivity contribution in [1.82, 2.24) is 5.32 Å². The Bertz CT molecular complexity index is 430. The zero-order chi connectivity index (χ0) is 14.8. The molecule has 112 valence electrons. The van der Waals surface area contributed by atoms with E-state index in [4.69, 9.17) is 0 Å². The third-order valence-electron chi connectivity index (χ3n) is 4.51. The Morgan fingerprint density at radius 2 is 1.80 bits per heavy atom. The van der Waals surface area contributed by atoms with Gasteiger partial charge in [0.05, 0.1) is 0 Å². The van der Waals surface area contributed by atoms with Crippen LogP contribution in [0.3, 0.4) is 0 Å². The molecular weight excluding hydrogens is 244 g/mol. The van der Waals surface area contributed by atoms with Gasteiger partial charge in [0, 0.05) is 31.9 Å². The molecule has 0 spiro atoms. The number of rotatable bonds is 7. The smallest absolute Gasteiger partial charge is 0.0369 e. The number of nitrogens with one attached hydrogen (secondary N) is 1. The summed E-state index contributed by atoms with van der Waals surface area (Å²) < 4.78 is 0. The fourth-order valence-corrected chi connectivity index (χ4v) is 2.81. The van der Waals surface area contributed by atoms with Crippen LogP contribution in [-0.2, 0) is 0 Å². The normalized spacial score (nSPS) is 17.9. The van der Waals surface area contributed by atoms with Crippen molar-refractivity contribution in [3.63, 3.8) is 0 Å². The highest BCUT2D eigenvalue weighted by Gasteiger charge is 2.28. The van der Waals surface area contributed by atoms with Crippen LogP contribution in [0, 0.1) is 19.3 Å². The minimum atomic E-state index is 0.342. The molecule has 0 radical (unpaired) electrons. The Kier molecular flexibility index (Phi) is 4.74. The summed E-state index contributed by atoms with van der Waals surface area (Å²) in [5, 5.41) is 3.70. The van der Waals surface area contributed by atoms with Crippen LogP contribution in [0.5, 0.6) is 0 Å². The van der Waals surface area contributed by atoms with Crippen molar-refractivity contribution < 1.29 is 0 Å². The Labute approximate surface area is 124 Å². The quantitative estimate of drug-likeness (QED) is 0.811. The van der Waals surface area contributed by atoms with E-state index in [1.165, 1.54) is 36.1 Å². The van der Waals surface area contributed by atoms with Crippen LogP contribution < -0.4 is 10.2 Å². The maximum absolute atomic E-state index is 3.70. The maximum Gasteiger partial charge on any atom is 0.0369 e. The summed E-state index contributed by atoms with van der Waals surface area (Å²) in [6.45, 7) is 11.3. The van der Waals surface area contributed by atoms with E-state index >= 15 is 0 Å². The first-order valence-corrected chi connectivity index (χ1v) is 7.95. The molecule has 1 fully saturated rings. The largest absolute Gasteiger partial charge is 0.374 e. The van der Waals surface area contributed by atoms with Crippen molar-refractivity contribution in [3.8, 4) is 0 Å². The maximum atomic E-state index is 3.70. The summed E-state index contributed by atoms with van der Waals surface area (Å²) in [5.41, 5.74) is 4.38. The molecule has 0 heterocycles. The van der Waals surface area contributed by atoms with Crippen LogP contribution >= 0.6 is 0 Å². The van der Waals surface area contributed by atoms with Crippen molar-refractivity contribution in [2.45, 2.75) is 53.0 Å². The van der Waals surface area contributed by atoms with Gasteiger partial charge in [0.15, 0.2) is 0 Å². The van der Waals surface area contributed by atoms with Crippen molar-refractivity contribution in [2.24, 2.45) is 5.41 Å². The molecule has 0 aromatic heterocycles. The molecule has 2 nitrogen and oxygen atoms in total. The van der Waals surface area contributed by atoms with Gasteiger partial charge in [-0.25, -0.2) is 0 Å². The van der Waals surface area contributed by atoms with Gasteiger partial charge in [-0.15, -0.1) is 0 Å². The SMILES string of the molecule is CCC(C)(CNC1CC1)CN(C)c1cc(C)cc(C)c1. The summed E-state index contributed by atoms with van der Waals surface area (Å²) in [6, 6.07) is 7.62. The Morgan fingerprint density at radius 3 is 2.30 bits per heavy atom. The summed E-state index contributed by atoms with van der Waals surface area (Å²) >= 11 is 0. The van der Waals surface area contributed by atoms with Gasteiger partial charge < -0.3 is 10.2 Å². The molecule has 1 N–H and O–H groups in total. The first-order valence-electron chi connectivity index (χ1n) is 7.95. The highest BCUT2D eigenvalue weighted by molar-refractivity contribution is 5.50. The van der Waals surface area contributed by atoms with E-state index < -0.39 is 0 Å². The molecule has 0 saturated heterocycles. The molecule has 2 heteroatoms. The lowest BCUT2D eigenvalue weighted by Crippen LogP contribution is -2.41. The molecule has 1 atom stereocenters. The summed E-state index contributed by atoms with van der Waals surface area (Å²) in [4.78, 5) is 2.41. The van der Waals surface area contributed by atoms with Gasteiger partial charge >= 0.3 is 0 Å². The van der Waals surface area contributed by atoms with E-state index in [0.29, 0.717) is 5.41 Å². The molecule has 1 saturated carbocycles. The predicted octanol–water partition coefficient (Wildman–Crippen LogP) is 3.91. The summed E-state index contributed by atoms with van der Waals surface area (Å²) in [5.74, 6) is 0. The molecule has 0 aliphatic heterocycles. The second-order valence-corrected chi connectivity index (χ2v) is 7.02. The van der Waals surface area contributed by atoms with E-state index in [-0.39, 0.29) is 0 Å². The van der Waals surface area contributed by atoms with E-state index in [9.17, 15) is 0 Å². The van der Waals surface area contributed by atoms with Crippen molar-refractivity contribution in [1.29, 1.82) is 0 Å². The van der Waals surface area contributed by atoms with E-state index in [1.54, 1.807) is 0 Å². The molecule has 20 heavy (non-hydrogen) atoms. The highest BCUT2D eigenvalue weighted by Crippen LogP contribution is 2.27. The molecular formula is C18H30N2. The van der Waals surface area contributed by atoms with E-state index in [2.05, 4.69) is 63.2 Å². The monoisotopic (exact) mass is 274 g/mol. The fraction of sp³-hybridized carbons (Fsp3) is 0.667. The fourth-order valence-electron chi connectivity index (χ4n) is 2.81. The molecule has 2 rings (SSSR count). The second kappa shape index (κ2) is 6.17. The van der Waals surface area contributed by atoms with Gasteiger partial charge in [0.2, 0.25) is 0 Å². The first kappa shape index (κ1) is 15.4. The molecule has 1 aliphatic rings. The highest BCUT2D eigenvalue weighted by atomic mass is 15.1. The Balaban J connectivity index is 2.00. The number of hydrogen-bond donors (Lipinski definition) is 1. The predicted molar refractivity (Wildman–Crippen MR) is 88.6 cm³/mol. The molecule has 0 bridgehead atoms. The zero-order valence-corrected chi connectivity index (χ0v) is 13.8. The number of anilines is 1. The minimum Gasteiger partial charge on any atom is -0.374 e. The molecule has 1 aromatic carbocycles. The number of nitrogens with zero attached hydrogens (tertiary/aromatic N) is 1. The number of aryl methyl sites for hydroxylation is 2. The minimum absolute atomic E-state index is 0.342. The van der Waals surface area contributed by atoms with Crippen LogP contribution in [-0.4, -0.2) is 26.2 Å². The average Bonchev–Trinajstić information content (AvgIpc) is 3.19. The lowest BCUT2D eigenvalue weighted by molar-refractivity contribution is 0.298. The van der Waals surface area contributed by atoms with Gasteiger partial charge in [0.25, 0.3) is 0 Å². The third kappa shape index (κ3) is 4.24. The van der Waals surface area contributed by atoms with Crippen molar-refractivity contribution >= 4 is 5.69 Å². The van der Waals surface area contributed by atoms with Crippen LogP contribution in [0.25, 0.3) is 0 Å². The average molecular weight is 274 g/mol. The Morgan fingerprint density at radius 1 is 1.20 bits per heavy atom. The van der Waals surface area contributed by atoms with Crippen LogP contribution in [0.4, 0.5) is 5.69 Å². The van der Waals surface area contributed by atoms with Gasteiger partial charge in [-0.3, -0.25) is 0 Å². The Hall–Kier alpha value is -1.02.